The van der Waals surface area contributed by atoms with Gasteiger partial charge in [0.25, 0.3) is 0 Å². The Labute approximate surface area is 203 Å². The van der Waals surface area contributed by atoms with E-state index in [0.29, 0.717) is 11.0 Å². The Balaban J connectivity index is 1.53. The van der Waals surface area contributed by atoms with Gasteiger partial charge >= 0.3 is 0 Å². The van der Waals surface area contributed by atoms with Crippen molar-refractivity contribution in [1.29, 1.82) is 0 Å². The number of benzene rings is 3. The molecule has 0 aliphatic carbocycles. The molecule has 1 heterocycles. The second-order valence-corrected chi connectivity index (χ2v) is 8.58. The van der Waals surface area contributed by atoms with Crippen molar-refractivity contribution in [1.82, 2.24) is 14.8 Å². The molecule has 1 aromatic heterocycles. The second-order valence-electron chi connectivity index (χ2n) is 7.64. The number of rotatable bonds is 9. The normalized spacial score (nSPS) is 10.7. The molecule has 0 aliphatic heterocycles. The molecule has 8 heteroatoms. The third kappa shape index (κ3) is 5.58. The number of methoxy groups -OCH3 is 1. The van der Waals surface area contributed by atoms with E-state index in [2.05, 4.69) is 15.5 Å². The lowest BCUT2D eigenvalue weighted by Crippen LogP contribution is -2.16. The van der Waals surface area contributed by atoms with Crippen molar-refractivity contribution in [2.45, 2.75) is 25.6 Å². The second kappa shape index (κ2) is 10.9. The number of aromatic nitrogens is 3. The van der Waals surface area contributed by atoms with Gasteiger partial charge < -0.3 is 14.8 Å². The summed E-state index contributed by atoms with van der Waals surface area (Å²) in [5.41, 5.74) is 3.76. The van der Waals surface area contributed by atoms with Gasteiger partial charge in [0.1, 0.15) is 18.1 Å². The van der Waals surface area contributed by atoms with Gasteiger partial charge in [-0.1, -0.05) is 48.2 Å². The maximum Gasteiger partial charge on any atom is 0.234 e. The smallest absolute Gasteiger partial charge is 0.234 e. The molecule has 0 saturated carbocycles. The van der Waals surface area contributed by atoms with E-state index >= 15 is 0 Å². The van der Waals surface area contributed by atoms with Crippen LogP contribution in [0.5, 0.6) is 11.5 Å². The van der Waals surface area contributed by atoms with E-state index in [4.69, 9.17) is 9.47 Å². The number of nitrogens with one attached hydrogen (secondary N) is 1. The topological polar surface area (TPSA) is 78.3 Å². The van der Waals surface area contributed by atoms with Gasteiger partial charge in [0.15, 0.2) is 11.0 Å². The molecule has 34 heavy (non-hydrogen) atoms. The van der Waals surface area contributed by atoms with Gasteiger partial charge in [0.05, 0.1) is 12.9 Å². The minimum atomic E-state index is -0.103. The van der Waals surface area contributed by atoms with Crippen LogP contribution in [0.3, 0.4) is 0 Å². The average molecular weight is 475 g/mol. The molecule has 0 saturated heterocycles. The van der Waals surface area contributed by atoms with E-state index in [1.807, 2.05) is 91.2 Å². The first-order chi connectivity index (χ1) is 16.5. The van der Waals surface area contributed by atoms with Crippen LogP contribution in [0.4, 0.5) is 5.69 Å². The van der Waals surface area contributed by atoms with Crippen molar-refractivity contribution in [2.24, 2.45) is 0 Å². The van der Waals surface area contributed by atoms with Crippen LogP contribution in [0.15, 0.2) is 78.0 Å². The molecule has 1 N–H and O–H groups in total. The Hall–Kier alpha value is -3.78. The van der Waals surface area contributed by atoms with Crippen LogP contribution in [0.25, 0.3) is 5.69 Å². The molecule has 174 valence electrons. The maximum atomic E-state index is 12.7. The Morgan fingerprint density at radius 2 is 1.62 bits per heavy atom. The highest BCUT2D eigenvalue weighted by Crippen LogP contribution is 2.26. The predicted octanol–water partition coefficient (Wildman–Crippen LogP) is 5.20. The zero-order chi connectivity index (χ0) is 23.9. The number of nitrogens with zero attached hydrogens (tertiary/aromatic N) is 3. The van der Waals surface area contributed by atoms with Crippen LogP contribution in [-0.2, 0) is 11.4 Å². The predicted molar refractivity (Wildman–Crippen MR) is 134 cm³/mol. The quantitative estimate of drug-likeness (QED) is 0.336. The van der Waals surface area contributed by atoms with Crippen molar-refractivity contribution in [3.05, 3.63) is 89.7 Å². The van der Waals surface area contributed by atoms with Gasteiger partial charge in [-0.05, 0) is 61.4 Å². The molecule has 7 nitrogen and oxygen atoms in total. The van der Waals surface area contributed by atoms with Crippen molar-refractivity contribution in [3.8, 4) is 17.2 Å². The molecule has 0 spiro atoms. The number of aryl methyl sites for hydroxylation is 2. The van der Waals surface area contributed by atoms with Crippen LogP contribution in [-0.4, -0.2) is 33.5 Å². The first-order valence-corrected chi connectivity index (χ1v) is 11.8. The first-order valence-electron chi connectivity index (χ1n) is 10.8. The number of ether oxygens (including phenoxy) is 2. The number of anilines is 1. The average Bonchev–Trinajstić information content (AvgIpc) is 3.27. The summed E-state index contributed by atoms with van der Waals surface area (Å²) < 4.78 is 13.1. The van der Waals surface area contributed by atoms with Crippen LogP contribution >= 0.6 is 11.8 Å². The van der Waals surface area contributed by atoms with Gasteiger partial charge in [-0.2, -0.15) is 0 Å². The highest BCUT2D eigenvalue weighted by molar-refractivity contribution is 7.99. The largest absolute Gasteiger partial charge is 0.497 e. The zero-order valence-electron chi connectivity index (χ0n) is 19.3. The Bertz CT molecular complexity index is 1240. The summed E-state index contributed by atoms with van der Waals surface area (Å²) in [5.74, 6) is 2.22. The molecular weight excluding hydrogens is 448 g/mol. The third-order valence-electron chi connectivity index (χ3n) is 5.22. The van der Waals surface area contributed by atoms with E-state index in [-0.39, 0.29) is 18.3 Å². The molecule has 0 unspecified atom stereocenters. The summed E-state index contributed by atoms with van der Waals surface area (Å²) in [4.78, 5) is 12.7. The molecule has 0 fully saturated rings. The molecule has 3 aromatic carbocycles. The molecule has 0 bridgehead atoms. The molecule has 4 rings (SSSR count). The van der Waals surface area contributed by atoms with E-state index < -0.39 is 0 Å². The minimum absolute atomic E-state index is 0.103. The van der Waals surface area contributed by atoms with Crippen molar-refractivity contribution in [3.63, 3.8) is 0 Å². The Morgan fingerprint density at radius 1 is 0.912 bits per heavy atom. The summed E-state index contributed by atoms with van der Waals surface area (Å²) in [6.07, 6.45) is 0. The van der Waals surface area contributed by atoms with Gasteiger partial charge in [-0.25, -0.2) is 0 Å². The standard InChI is InChI=1S/C26H26N4O3S/c1-18-8-7-9-19(2)25(18)27-24(31)17-34-26-29-28-23(16-33-22-10-5-4-6-11-22)30(26)20-12-14-21(32-3)15-13-20/h4-15H,16-17H2,1-3H3,(H,27,31). The van der Waals surface area contributed by atoms with Crippen LogP contribution in [0.2, 0.25) is 0 Å². The third-order valence-corrected chi connectivity index (χ3v) is 6.15. The zero-order valence-corrected chi connectivity index (χ0v) is 20.1. The highest BCUT2D eigenvalue weighted by atomic mass is 32.2. The molecule has 4 aromatic rings. The number of amides is 1. The van der Waals surface area contributed by atoms with Gasteiger partial charge in [-0.3, -0.25) is 9.36 Å². The number of thioether (sulfide) groups is 1. The van der Waals surface area contributed by atoms with Gasteiger partial charge in [-0.15, -0.1) is 10.2 Å². The molecule has 0 aliphatic rings. The fraction of sp³-hybridized carbons (Fsp3) is 0.192. The van der Waals surface area contributed by atoms with Gasteiger partial charge in [0, 0.05) is 11.4 Å². The molecule has 1 amide bonds. The van der Waals surface area contributed by atoms with Gasteiger partial charge in [0.2, 0.25) is 5.91 Å². The monoisotopic (exact) mass is 474 g/mol. The summed E-state index contributed by atoms with van der Waals surface area (Å²) in [7, 11) is 1.63. The number of carbonyl (C=O) groups excluding carboxylic acids is 1. The van der Waals surface area contributed by atoms with Crippen LogP contribution in [0, 0.1) is 13.8 Å². The number of carbonyl (C=O) groups is 1. The fourth-order valence-corrected chi connectivity index (χ4v) is 4.23. The lowest BCUT2D eigenvalue weighted by atomic mass is 10.1. The van der Waals surface area contributed by atoms with Crippen molar-refractivity contribution < 1.29 is 14.3 Å². The molecular formula is C26H26N4O3S. The maximum absolute atomic E-state index is 12.7. The van der Waals surface area contributed by atoms with Crippen LogP contribution < -0.4 is 14.8 Å². The van der Waals surface area contributed by atoms with Crippen molar-refractivity contribution >= 4 is 23.4 Å². The summed E-state index contributed by atoms with van der Waals surface area (Å²) >= 11 is 1.32. The first kappa shape index (κ1) is 23.4. The summed E-state index contributed by atoms with van der Waals surface area (Å²) in [5, 5.41) is 12.3. The van der Waals surface area contributed by atoms with E-state index in [9.17, 15) is 4.79 Å². The van der Waals surface area contributed by atoms with E-state index in [0.717, 1.165) is 34.0 Å². The summed E-state index contributed by atoms with van der Waals surface area (Å²) in [6.45, 7) is 4.20. The van der Waals surface area contributed by atoms with E-state index in [1.54, 1.807) is 7.11 Å². The lowest BCUT2D eigenvalue weighted by Gasteiger charge is -2.13. The van der Waals surface area contributed by atoms with Crippen LogP contribution in [0.1, 0.15) is 17.0 Å². The Morgan fingerprint density at radius 3 is 2.29 bits per heavy atom. The van der Waals surface area contributed by atoms with E-state index in [1.165, 1.54) is 11.8 Å². The summed E-state index contributed by atoms with van der Waals surface area (Å²) in [6, 6.07) is 23.1. The Kier molecular flexibility index (Phi) is 7.49. The SMILES string of the molecule is COc1ccc(-n2c(COc3ccccc3)nnc2SCC(=O)Nc2c(C)cccc2C)cc1. The number of hydrogen-bond donors (Lipinski definition) is 1. The number of para-hydroxylation sites is 2. The lowest BCUT2D eigenvalue weighted by molar-refractivity contribution is -0.113. The molecule has 0 atom stereocenters. The highest BCUT2D eigenvalue weighted by Gasteiger charge is 2.17. The fourth-order valence-electron chi connectivity index (χ4n) is 3.46. The minimum Gasteiger partial charge on any atom is -0.497 e. The number of hydrogen-bond acceptors (Lipinski definition) is 6. The molecule has 0 radical (unpaired) electrons. The van der Waals surface area contributed by atoms with Crippen molar-refractivity contribution in [2.75, 3.05) is 18.2 Å².